The molecule has 3 atom stereocenters. The molecule has 0 saturated heterocycles. The van der Waals surface area contributed by atoms with E-state index in [1.807, 2.05) is 20.8 Å². The van der Waals surface area contributed by atoms with E-state index >= 15 is 0 Å². The van der Waals surface area contributed by atoms with Crippen LogP contribution in [0, 0.1) is 11.3 Å². The van der Waals surface area contributed by atoms with Crippen LogP contribution in [0.2, 0.25) is 0 Å². The molecule has 0 spiro atoms. The van der Waals surface area contributed by atoms with E-state index in [0.717, 1.165) is 0 Å². The maximum absolute atomic E-state index is 12.0. The van der Waals surface area contributed by atoms with Crippen LogP contribution in [0.4, 0.5) is 0 Å². The number of carbonyl (C=O) groups is 1. The normalized spacial score (nSPS) is 26.3. The lowest BCUT2D eigenvalue weighted by Gasteiger charge is -2.42. The highest BCUT2D eigenvalue weighted by Crippen LogP contribution is 2.38. The SMILES string of the molecule is CC(C)NC(=O)C(C)NC1CCCCC1C(C)(C)C. The Morgan fingerprint density at radius 3 is 2.21 bits per heavy atom. The Kier molecular flexibility index (Phi) is 5.84. The van der Waals surface area contributed by atoms with Gasteiger partial charge in [-0.3, -0.25) is 4.79 Å². The minimum atomic E-state index is -0.102. The molecule has 1 aliphatic carbocycles. The first-order valence-corrected chi connectivity index (χ1v) is 7.78. The van der Waals surface area contributed by atoms with Crippen molar-refractivity contribution in [1.29, 1.82) is 0 Å². The third kappa shape index (κ3) is 5.13. The lowest BCUT2D eigenvalue weighted by Crippen LogP contribution is -2.53. The van der Waals surface area contributed by atoms with Gasteiger partial charge in [0, 0.05) is 12.1 Å². The summed E-state index contributed by atoms with van der Waals surface area (Å²) >= 11 is 0. The van der Waals surface area contributed by atoms with E-state index in [9.17, 15) is 4.79 Å². The second kappa shape index (κ2) is 6.74. The van der Waals surface area contributed by atoms with Crippen molar-refractivity contribution in [3.05, 3.63) is 0 Å². The average Bonchev–Trinajstić information content (AvgIpc) is 2.27. The van der Waals surface area contributed by atoms with Gasteiger partial charge in [0.15, 0.2) is 0 Å². The van der Waals surface area contributed by atoms with E-state index in [4.69, 9.17) is 0 Å². The number of hydrogen-bond acceptors (Lipinski definition) is 2. The number of hydrogen-bond donors (Lipinski definition) is 2. The largest absolute Gasteiger partial charge is 0.353 e. The van der Waals surface area contributed by atoms with Gasteiger partial charge in [-0.15, -0.1) is 0 Å². The molecular weight excluding hydrogens is 236 g/mol. The van der Waals surface area contributed by atoms with Crippen molar-refractivity contribution in [2.75, 3.05) is 0 Å². The molecule has 0 heterocycles. The summed E-state index contributed by atoms with van der Waals surface area (Å²) in [6.07, 6.45) is 5.08. The van der Waals surface area contributed by atoms with Gasteiger partial charge in [0.05, 0.1) is 6.04 Å². The maximum Gasteiger partial charge on any atom is 0.237 e. The highest BCUT2D eigenvalue weighted by Gasteiger charge is 2.35. The van der Waals surface area contributed by atoms with Crippen LogP contribution >= 0.6 is 0 Å². The molecule has 3 nitrogen and oxygen atoms in total. The van der Waals surface area contributed by atoms with Crippen molar-refractivity contribution in [2.24, 2.45) is 11.3 Å². The highest BCUT2D eigenvalue weighted by atomic mass is 16.2. The van der Waals surface area contributed by atoms with E-state index in [1.54, 1.807) is 0 Å². The van der Waals surface area contributed by atoms with E-state index < -0.39 is 0 Å². The topological polar surface area (TPSA) is 41.1 Å². The van der Waals surface area contributed by atoms with Gasteiger partial charge in [-0.1, -0.05) is 33.6 Å². The third-order valence-corrected chi connectivity index (χ3v) is 4.17. The summed E-state index contributed by atoms with van der Waals surface area (Å²) in [7, 11) is 0. The molecule has 0 aromatic rings. The zero-order valence-electron chi connectivity index (χ0n) is 13.5. The standard InChI is InChI=1S/C16H32N2O/c1-11(2)17-15(19)12(3)18-14-10-8-7-9-13(14)16(4,5)6/h11-14,18H,7-10H2,1-6H3,(H,17,19). The minimum Gasteiger partial charge on any atom is -0.353 e. The summed E-state index contributed by atoms with van der Waals surface area (Å²) < 4.78 is 0. The van der Waals surface area contributed by atoms with Crippen molar-refractivity contribution in [1.82, 2.24) is 10.6 Å². The molecule has 1 saturated carbocycles. The van der Waals surface area contributed by atoms with Crippen LogP contribution in [0.1, 0.15) is 67.2 Å². The summed E-state index contributed by atoms with van der Waals surface area (Å²) in [4.78, 5) is 12.0. The number of rotatable bonds is 4. The first-order valence-electron chi connectivity index (χ1n) is 7.78. The first kappa shape index (κ1) is 16.5. The zero-order chi connectivity index (χ0) is 14.6. The van der Waals surface area contributed by atoms with Crippen molar-refractivity contribution in [3.8, 4) is 0 Å². The van der Waals surface area contributed by atoms with Crippen molar-refractivity contribution in [2.45, 2.75) is 85.4 Å². The fourth-order valence-corrected chi connectivity index (χ4v) is 3.17. The van der Waals surface area contributed by atoms with Crippen LogP contribution in [-0.2, 0) is 4.79 Å². The predicted molar refractivity (Wildman–Crippen MR) is 81.1 cm³/mol. The smallest absolute Gasteiger partial charge is 0.237 e. The van der Waals surface area contributed by atoms with E-state index in [0.29, 0.717) is 17.4 Å². The number of amides is 1. The Bertz CT molecular complexity index is 294. The molecule has 0 bridgehead atoms. The van der Waals surface area contributed by atoms with Gasteiger partial charge in [0.1, 0.15) is 0 Å². The minimum absolute atomic E-state index is 0.102. The van der Waals surface area contributed by atoms with Crippen LogP contribution in [0.5, 0.6) is 0 Å². The zero-order valence-corrected chi connectivity index (χ0v) is 13.5. The molecule has 3 unspecified atom stereocenters. The highest BCUT2D eigenvalue weighted by molar-refractivity contribution is 5.81. The van der Waals surface area contributed by atoms with Crippen LogP contribution in [0.25, 0.3) is 0 Å². The molecule has 0 aliphatic heterocycles. The maximum atomic E-state index is 12.0. The Labute approximate surface area is 118 Å². The summed E-state index contributed by atoms with van der Waals surface area (Å²) in [5.41, 5.74) is 0.312. The summed E-state index contributed by atoms with van der Waals surface area (Å²) in [6, 6.07) is 0.582. The third-order valence-electron chi connectivity index (χ3n) is 4.17. The molecule has 2 N–H and O–H groups in total. The lowest BCUT2D eigenvalue weighted by molar-refractivity contribution is -0.123. The van der Waals surface area contributed by atoms with Gasteiger partial charge in [0.25, 0.3) is 0 Å². The second-order valence-corrected chi connectivity index (χ2v) is 7.42. The van der Waals surface area contributed by atoms with Crippen LogP contribution in [0.3, 0.4) is 0 Å². The second-order valence-electron chi connectivity index (χ2n) is 7.42. The lowest BCUT2D eigenvalue weighted by atomic mass is 9.69. The van der Waals surface area contributed by atoms with E-state index in [1.165, 1.54) is 25.7 Å². The molecule has 1 aliphatic rings. The molecule has 0 aromatic heterocycles. The Hall–Kier alpha value is -0.570. The van der Waals surface area contributed by atoms with E-state index in [2.05, 4.69) is 31.4 Å². The molecular formula is C16H32N2O. The van der Waals surface area contributed by atoms with Crippen molar-refractivity contribution >= 4 is 5.91 Å². The van der Waals surface area contributed by atoms with Gasteiger partial charge >= 0.3 is 0 Å². The average molecular weight is 268 g/mol. The van der Waals surface area contributed by atoms with Gasteiger partial charge in [-0.05, 0) is 44.9 Å². The Morgan fingerprint density at radius 1 is 1.11 bits per heavy atom. The van der Waals surface area contributed by atoms with Gasteiger partial charge in [-0.25, -0.2) is 0 Å². The monoisotopic (exact) mass is 268 g/mol. The summed E-state index contributed by atoms with van der Waals surface area (Å²) in [6.45, 7) is 12.9. The summed E-state index contributed by atoms with van der Waals surface area (Å²) in [5.74, 6) is 0.781. The van der Waals surface area contributed by atoms with Gasteiger partial charge < -0.3 is 10.6 Å². The fraction of sp³-hybridized carbons (Fsp3) is 0.938. The van der Waals surface area contributed by atoms with Gasteiger partial charge in [0.2, 0.25) is 5.91 Å². The Balaban J connectivity index is 2.60. The fourth-order valence-electron chi connectivity index (χ4n) is 3.17. The molecule has 1 fully saturated rings. The van der Waals surface area contributed by atoms with Crippen molar-refractivity contribution in [3.63, 3.8) is 0 Å². The van der Waals surface area contributed by atoms with E-state index in [-0.39, 0.29) is 18.0 Å². The quantitative estimate of drug-likeness (QED) is 0.822. The van der Waals surface area contributed by atoms with Crippen molar-refractivity contribution < 1.29 is 4.79 Å². The van der Waals surface area contributed by atoms with Crippen LogP contribution in [0.15, 0.2) is 0 Å². The molecule has 1 amide bonds. The number of nitrogens with one attached hydrogen (secondary N) is 2. The van der Waals surface area contributed by atoms with Crippen LogP contribution < -0.4 is 10.6 Å². The van der Waals surface area contributed by atoms with Crippen LogP contribution in [-0.4, -0.2) is 24.0 Å². The Morgan fingerprint density at radius 2 is 1.68 bits per heavy atom. The molecule has 19 heavy (non-hydrogen) atoms. The molecule has 112 valence electrons. The molecule has 1 rings (SSSR count). The molecule has 3 heteroatoms. The summed E-state index contributed by atoms with van der Waals surface area (Å²) in [5, 5.41) is 6.55. The van der Waals surface area contributed by atoms with Gasteiger partial charge in [-0.2, -0.15) is 0 Å². The first-order chi connectivity index (χ1) is 8.71. The molecule has 0 aromatic carbocycles. The molecule has 0 radical (unpaired) electrons. The number of carbonyl (C=O) groups excluding carboxylic acids is 1. The predicted octanol–water partition coefficient (Wildman–Crippen LogP) is 3.09.